The van der Waals surface area contributed by atoms with Crippen LogP contribution in [0.15, 0.2) is 41.2 Å². The Morgan fingerprint density at radius 2 is 1.86 bits per heavy atom. The number of methoxy groups -OCH3 is 1. The number of hydrogen-bond donors (Lipinski definition) is 1. The van der Waals surface area contributed by atoms with Crippen molar-refractivity contribution in [2.45, 2.75) is 39.0 Å². The smallest absolute Gasteiger partial charge is 0.350 e. The number of benzene rings is 1. The van der Waals surface area contributed by atoms with Crippen molar-refractivity contribution in [3.8, 4) is 10.4 Å². The van der Waals surface area contributed by atoms with Crippen LogP contribution < -0.4 is 10.2 Å². The standard InChI is InChI=1S/C26H27F2N3O4S2/c1-15-3-5-17(6-4-15)25(33)31(12-22(27)28)20-11-21(37-23(20)26(34)35-2)16-7-9-18(10-8-16)30-24(32)19-13-36-14-29-19/h7-11,13-15,17,22H,3-6,12H2,1-2H3,(H,30,32). The summed E-state index contributed by atoms with van der Waals surface area (Å²) >= 11 is 2.39. The lowest BCUT2D eigenvalue weighted by Gasteiger charge is -2.31. The lowest BCUT2D eigenvalue weighted by Crippen LogP contribution is -2.41. The quantitative estimate of drug-likeness (QED) is 0.333. The van der Waals surface area contributed by atoms with Crippen LogP contribution in [0.4, 0.5) is 20.2 Å². The molecule has 0 saturated heterocycles. The van der Waals surface area contributed by atoms with Crippen LogP contribution in [0.5, 0.6) is 0 Å². The predicted octanol–water partition coefficient (Wildman–Crippen LogP) is 6.33. The number of hydrogen-bond acceptors (Lipinski definition) is 7. The Kier molecular flexibility index (Phi) is 8.65. The number of esters is 1. The average Bonchev–Trinajstić information content (AvgIpc) is 3.58. The molecule has 2 amide bonds. The number of amides is 2. The van der Waals surface area contributed by atoms with Gasteiger partial charge in [0.1, 0.15) is 10.6 Å². The fraction of sp³-hybridized carbons (Fsp3) is 0.385. The summed E-state index contributed by atoms with van der Waals surface area (Å²) in [5, 5.41) is 4.40. The maximum atomic E-state index is 13.6. The summed E-state index contributed by atoms with van der Waals surface area (Å²) in [4.78, 5) is 44.0. The molecule has 2 heterocycles. The Morgan fingerprint density at radius 3 is 2.46 bits per heavy atom. The van der Waals surface area contributed by atoms with E-state index >= 15 is 0 Å². The molecule has 0 atom stereocenters. The number of halogens is 2. The van der Waals surface area contributed by atoms with Crippen molar-refractivity contribution >= 4 is 51.8 Å². The number of nitrogens with zero attached hydrogens (tertiary/aromatic N) is 2. The molecular formula is C26H27F2N3O4S2. The number of anilines is 2. The number of ether oxygens (including phenoxy) is 1. The monoisotopic (exact) mass is 547 g/mol. The largest absolute Gasteiger partial charge is 0.465 e. The normalized spacial score (nSPS) is 17.4. The van der Waals surface area contributed by atoms with Gasteiger partial charge < -0.3 is 15.0 Å². The molecule has 1 N–H and O–H groups in total. The number of nitrogens with one attached hydrogen (secondary N) is 1. The second kappa shape index (κ2) is 11.9. The summed E-state index contributed by atoms with van der Waals surface area (Å²) < 4.78 is 32.1. The van der Waals surface area contributed by atoms with Gasteiger partial charge in [0.2, 0.25) is 5.91 Å². The van der Waals surface area contributed by atoms with Crippen molar-refractivity contribution in [3.05, 3.63) is 51.8 Å². The number of aromatic nitrogens is 1. The van der Waals surface area contributed by atoms with Crippen LogP contribution in [0, 0.1) is 11.8 Å². The average molecular weight is 548 g/mol. The van der Waals surface area contributed by atoms with Crippen molar-refractivity contribution in [1.82, 2.24) is 4.98 Å². The van der Waals surface area contributed by atoms with E-state index in [0.717, 1.165) is 29.1 Å². The zero-order chi connectivity index (χ0) is 26.5. The predicted molar refractivity (Wildman–Crippen MR) is 141 cm³/mol. The Morgan fingerprint density at radius 1 is 1.16 bits per heavy atom. The van der Waals surface area contributed by atoms with Gasteiger partial charge in [-0.25, -0.2) is 18.6 Å². The van der Waals surface area contributed by atoms with Crippen molar-refractivity contribution in [3.63, 3.8) is 0 Å². The fourth-order valence-corrected chi connectivity index (χ4v) is 5.99. The topological polar surface area (TPSA) is 88.6 Å². The first kappa shape index (κ1) is 26.9. The number of thiophene rings is 1. The first-order valence-electron chi connectivity index (χ1n) is 11.9. The highest BCUT2D eigenvalue weighted by Crippen LogP contribution is 2.40. The number of thiazole rings is 1. The summed E-state index contributed by atoms with van der Waals surface area (Å²) in [5.74, 6) is -1.27. The van der Waals surface area contributed by atoms with E-state index in [-0.39, 0.29) is 28.3 Å². The first-order chi connectivity index (χ1) is 17.8. The molecule has 3 aromatic rings. The molecule has 1 saturated carbocycles. The van der Waals surface area contributed by atoms with Crippen LogP contribution in [0.25, 0.3) is 10.4 Å². The van der Waals surface area contributed by atoms with Crippen LogP contribution in [0.2, 0.25) is 0 Å². The van der Waals surface area contributed by atoms with Gasteiger partial charge in [-0.15, -0.1) is 22.7 Å². The minimum absolute atomic E-state index is 0.0941. The summed E-state index contributed by atoms with van der Waals surface area (Å²) in [6.07, 6.45) is 0.240. The molecule has 0 bridgehead atoms. The summed E-state index contributed by atoms with van der Waals surface area (Å²) in [6, 6.07) is 8.47. The Hall–Kier alpha value is -3.18. The van der Waals surface area contributed by atoms with Gasteiger partial charge >= 0.3 is 5.97 Å². The lowest BCUT2D eigenvalue weighted by molar-refractivity contribution is -0.124. The van der Waals surface area contributed by atoms with Crippen LogP contribution in [0.1, 0.15) is 52.8 Å². The molecule has 0 spiro atoms. The highest BCUT2D eigenvalue weighted by molar-refractivity contribution is 7.18. The molecule has 1 aliphatic carbocycles. The molecule has 4 rings (SSSR count). The third-order valence-corrected chi connectivity index (χ3v) is 8.16. The van der Waals surface area contributed by atoms with E-state index in [1.165, 1.54) is 18.4 Å². The number of carbonyl (C=O) groups is 3. The van der Waals surface area contributed by atoms with Crippen LogP contribution >= 0.6 is 22.7 Å². The van der Waals surface area contributed by atoms with E-state index in [4.69, 9.17) is 4.74 Å². The van der Waals surface area contributed by atoms with Crippen molar-refractivity contribution in [2.75, 3.05) is 23.9 Å². The molecule has 7 nitrogen and oxygen atoms in total. The van der Waals surface area contributed by atoms with Gasteiger partial charge in [-0.1, -0.05) is 19.1 Å². The molecule has 0 aliphatic heterocycles. The summed E-state index contributed by atoms with van der Waals surface area (Å²) in [6.45, 7) is 1.32. The first-order valence-corrected chi connectivity index (χ1v) is 13.6. The van der Waals surface area contributed by atoms with Crippen LogP contribution in [-0.4, -0.2) is 42.8 Å². The highest BCUT2D eigenvalue weighted by atomic mass is 32.1. The van der Waals surface area contributed by atoms with Crippen LogP contribution in [-0.2, 0) is 9.53 Å². The third kappa shape index (κ3) is 6.40. The van der Waals surface area contributed by atoms with E-state index in [1.54, 1.807) is 41.2 Å². The molecule has 1 aliphatic rings. The van der Waals surface area contributed by atoms with Crippen molar-refractivity contribution in [2.24, 2.45) is 11.8 Å². The molecule has 1 fully saturated rings. The van der Waals surface area contributed by atoms with E-state index in [9.17, 15) is 23.2 Å². The molecular weight excluding hydrogens is 520 g/mol. The molecule has 196 valence electrons. The number of rotatable bonds is 8. The van der Waals surface area contributed by atoms with Crippen molar-refractivity contribution < 1.29 is 27.9 Å². The third-order valence-electron chi connectivity index (χ3n) is 6.42. The molecule has 37 heavy (non-hydrogen) atoms. The molecule has 2 aromatic heterocycles. The van der Waals surface area contributed by atoms with Crippen molar-refractivity contribution in [1.29, 1.82) is 0 Å². The van der Waals surface area contributed by atoms with Gasteiger partial charge in [0, 0.05) is 21.9 Å². The fourth-order valence-electron chi connectivity index (χ4n) is 4.37. The number of carbonyl (C=O) groups excluding carboxylic acids is 3. The van der Waals surface area contributed by atoms with Gasteiger partial charge in [-0.2, -0.15) is 0 Å². The van der Waals surface area contributed by atoms with Gasteiger partial charge in [-0.05, 0) is 55.4 Å². The summed E-state index contributed by atoms with van der Waals surface area (Å²) in [5.41, 5.74) is 3.27. The number of alkyl halides is 2. The lowest BCUT2D eigenvalue weighted by atomic mass is 9.82. The van der Waals surface area contributed by atoms with Gasteiger partial charge in [-0.3, -0.25) is 9.59 Å². The maximum absolute atomic E-state index is 13.6. The highest BCUT2D eigenvalue weighted by Gasteiger charge is 2.33. The maximum Gasteiger partial charge on any atom is 0.350 e. The van der Waals surface area contributed by atoms with E-state index in [1.807, 2.05) is 0 Å². The molecule has 0 unspecified atom stereocenters. The zero-order valence-corrected chi connectivity index (χ0v) is 22.0. The minimum Gasteiger partial charge on any atom is -0.465 e. The second-order valence-corrected chi connectivity index (χ2v) is 10.8. The zero-order valence-electron chi connectivity index (χ0n) is 20.4. The van der Waals surface area contributed by atoms with E-state index < -0.39 is 18.9 Å². The minimum atomic E-state index is -2.76. The van der Waals surface area contributed by atoms with Gasteiger partial charge in [0.05, 0.1) is 24.9 Å². The molecule has 1 aromatic carbocycles. The van der Waals surface area contributed by atoms with E-state index in [2.05, 4.69) is 17.2 Å². The van der Waals surface area contributed by atoms with Gasteiger partial charge in [0.15, 0.2) is 0 Å². The SMILES string of the molecule is COC(=O)c1sc(-c2ccc(NC(=O)c3cscn3)cc2)cc1N(CC(F)F)C(=O)C1CCC(C)CC1. The van der Waals surface area contributed by atoms with E-state index in [0.29, 0.717) is 40.6 Å². The second-order valence-electron chi connectivity index (χ2n) is 9.02. The Labute approximate surface area is 221 Å². The Balaban J connectivity index is 1.62. The van der Waals surface area contributed by atoms with Gasteiger partial charge in [0.25, 0.3) is 12.3 Å². The van der Waals surface area contributed by atoms with Crippen LogP contribution in [0.3, 0.4) is 0 Å². The molecule has 11 heteroatoms. The molecule has 0 radical (unpaired) electrons. The summed E-state index contributed by atoms with van der Waals surface area (Å²) in [7, 11) is 1.22. The Bertz CT molecular complexity index is 1240.